The summed E-state index contributed by atoms with van der Waals surface area (Å²) in [5, 5.41) is 0. The molecule has 78 valence electrons. The Hall–Kier alpha value is -1.71. The SMILES string of the molecule is CN1CCN=C1c1ccc(C=O)c(F)c1. The van der Waals surface area contributed by atoms with Gasteiger partial charge in [-0.2, -0.15) is 0 Å². The van der Waals surface area contributed by atoms with Gasteiger partial charge in [0.2, 0.25) is 0 Å². The highest BCUT2D eigenvalue weighted by Crippen LogP contribution is 2.13. The summed E-state index contributed by atoms with van der Waals surface area (Å²) in [4.78, 5) is 16.7. The first-order valence-corrected chi connectivity index (χ1v) is 4.73. The molecule has 1 aliphatic heterocycles. The maximum atomic E-state index is 13.3. The van der Waals surface area contributed by atoms with Gasteiger partial charge in [-0.3, -0.25) is 9.79 Å². The highest BCUT2D eigenvalue weighted by Gasteiger charge is 2.15. The summed E-state index contributed by atoms with van der Waals surface area (Å²) in [6.45, 7) is 1.59. The van der Waals surface area contributed by atoms with Crippen molar-refractivity contribution in [1.29, 1.82) is 0 Å². The molecule has 0 aliphatic carbocycles. The molecule has 1 aliphatic rings. The van der Waals surface area contributed by atoms with Crippen LogP contribution in [-0.2, 0) is 0 Å². The first kappa shape index (κ1) is 9.83. The zero-order valence-electron chi connectivity index (χ0n) is 8.40. The van der Waals surface area contributed by atoms with Gasteiger partial charge in [0.05, 0.1) is 12.1 Å². The van der Waals surface area contributed by atoms with Crippen molar-refractivity contribution in [2.45, 2.75) is 0 Å². The van der Waals surface area contributed by atoms with E-state index in [1.807, 2.05) is 11.9 Å². The Kier molecular flexibility index (Phi) is 2.49. The van der Waals surface area contributed by atoms with Crippen LogP contribution in [0.5, 0.6) is 0 Å². The Morgan fingerprint density at radius 1 is 1.53 bits per heavy atom. The van der Waals surface area contributed by atoms with E-state index in [1.54, 1.807) is 6.07 Å². The second-order valence-electron chi connectivity index (χ2n) is 3.48. The van der Waals surface area contributed by atoms with Crippen LogP contribution in [0.3, 0.4) is 0 Å². The van der Waals surface area contributed by atoms with Gasteiger partial charge in [0.15, 0.2) is 6.29 Å². The molecule has 4 heteroatoms. The number of aliphatic imine (C=N–C) groups is 1. The standard InChI is InChI=1S/C11H11FN2O/c1-14-5-4-13-11(14)8-2-3-9(7-15)10(12)6-8/h2-3,6-7H,4-5H2,1H3. The summed E-state index contributed by atoms with van der Waals surface area (Å²) in [6, 6.07) is 4.55. The van der Waals surface area contributed by atoms with Crippen LogP contribution in [0.4, 0.5) is 4.39 Å². The minimum absolute atomic E-state index is 0.0833. The van der Waals surface area contributed by atoms with Gasteiger partial charge in [0.25, 0.3) is 0 Å². The molecule has 2 rings (SSSR count). The number of hydrogen-bond donors (Lipinski definition) is 0. The number of halogens is 1. The molecule has 0 amide bonds. The van der Waals surface area contributed by atoms with Crippen LogP contribution >= 0.6 is 0 Å². The second kappa shape index (κ2) is 3.81. The van der Waals surface area contributed by atoms with Crippen LogP contribution in [0.25, 0.3) is 0 Å². The van der Waals surface area contributed by atoms with Crippen molar-refractivity contribution < 1.29 is 9.18 Å². The molecule has 1 heterocycles. The average Bonchev–Trinajstić information content (AvgIpc) is 2.64. The molecule has 3 nitrogen and oxygen atoms in total. The third-order valence-electron chi connectivity index (χ3n) is 2.44. The summed E-state index contributed by atoms with van der Waals surface area (Å²) < 4.78 is 13.3. The Labute approximate surface area is 87.2 Å². The van der Waals surface area contributed by atoms with E-state index in [0.29, 0.717) is 6.29 Å². The Balaban J connectivity index is 2.38. The molecule has 0 saturated carbocycles. The third-order valence-corrected chi connectivity index (χ3v) is 2.44. The average molecular weight is 206 g/mol. The molecule has 0 aromatic heterocycles. The molecule has 0 unspecified atom stereocenters. The number of rotatable bonds is 2. The van der Waals surface area contributed by atoms with Crippen molar-refractivity contribution in [3.05, 3.63) is 35.1 Å². The van der Waals surface area contributed by atoms with Crippen LogP contribution < -0.4 is 0 Å². The van der Waals surface area contributed by atoms with Gasteiger partial charge in [0, 0.05) is 19.2 Å². The number of likely N-dealkylation sites (N-methyl/N-ethyl adjacent to an activating group) is 1. The van der Waals surface area contributed by atoms with Crippen molar-refractivity contribution >= 4 is 12.1 Å². The lowest BCUT2D eigenvalue weighted by Crippen LogP contribution is -2.23. The molecule has 15 heavy (non-hydrogen) atoms. The topological polar surface area (TPSA) is 32.7 Å². The number of hydrogen-bond acceptors (Lipinski definition) is 3. The normalized spacial score (nSPS) is 15.3. The first-order valence-electron chi connectivity index (χ1n) is 4.73. The van der Waals surface area contributed by atoms with Gasteiger partial charge < -0.3 is 4.90 Å². The highest BCUT2D eigenvalue weighted by molar-refractivity contribution is 6.00. The number of nitrogens with zero attached hydrogens (tertiary/aromatic N) is 2. The largest absolute Gasteiger partial charge is 0.358 e. The molecule has 1 aromatic carbocycles. The lowest BCUT2D eigenvalue weighted by molar-refractivity contribution is 0.112. The smallest absolute Gasteiger partial charge is 0.152 e. The Morgan fingerprint density at radius 3 is 2.87 bits per heavy atom. The van der Waals surface area contributed by atoms with Crippen molar-refractivity contribution in [2.24, 2.45) is 4.99 Å². The molecule has 0 radical (unpaired) electrons. The van der Waals surface area contributed by atoms with Gasteiger partial charge >= 0.3 is 0 Å². The van der Waals surface area contributed by atoms with Gasteiger partial charge in [-0.05, 0) is 12.1 Å². The van der Waals surface area contributed by atoms with Crippen LogP contribution in [-0.4, -0.2) is 37.2 Å². The van der Waals surface area contributed by atoms with E-state index in [4.69, 9.17) is 0 Å². The number of carbonyl (C=O) groups is 1. The van der Waals surface area contributed by atoms with E-state index in [-0.39, 0.29) is 5.56 Å². The van der Waals surface area contributed by atoms with E-state index in [9.17, 15) is 9.18 Å². The molecule has 0 bridgehead atoms. The minimum Gasteiger partial charge on any atom is -0.358 e. The van der Waals surface area contributed by atoms with Gasteiger partial charge in [-0.15, -0.1) is 0 Å². The summed E-state index contributed by atoms with van der Waals surface area (Å²) in [6.07, 6.45) is 0.513. The fraction of sp³-hybridized carbons (Fsp3) is 0.273. The predicted octanol–water partition coefficient (Wildman–Crippen LogP) is 1.33. The fourth-order valence-corrected chi connectivity index (χ4v) is 1.61. The van der Waals surface area contributed by atoms with Crippen molar-refractivity contribution in [2.75, 3.05) is 20.1 Å². The van der Waals surface area contributed by atoms with Crippen LogP contribution in [0.1, 0.15) is 15.9 Å². The number of benzene rings is 1. The van der Waals surface area contributed by atoms with Gasteiger partial charge in [-0.25, -0.2) is 4.39 Å². The minimum atomic E-state index is -0.495. The molecular weight excluding hydrogens is 195 g/mol. The number of carbonyl (C=O) groups excluding carboxylic acids is 1. The van der Waals surface area contributed by atoms with Crippen molar-refractivity contribution in [1.82, 2.24) is 4.90 Å². The lowest BCUT2D eigenvalue weighted by atomic mass is 10.1. The molecule has 0 fully saturated rings. The molecule has 0 saturated heterocycles. The van der Waals surface area contributed by atoms with Crippen LogP contribution in [0, 0.1) is 5.82 Å². The maximum absolute atomic E-state index is 13.3. The molecule has 0 N–H and O–H groups in total. The number of aldehydes is 1. The summed E-state index contributed by atoms with van der Waals surface area (Å²) in [7, 11) is 1.91. The molecular formula is C11H11FN2O. The Bertz CT molecular complexity index is 429. The summed E-state index contributed by atoms with van der Waals surface area (Å²) in [5.41, 5.74) is 0.804. The van der Waals surface area contributed by atoms with Gasteiger partial charge in [-0.1, -0.05) is 6.07 Å². The molecule has 0 spiro atoms. The highest BCUT2D eigenvalue weighted by atomic mass is 19.1. The van der Waals surface area contributed by atoms with E-state index in [0.717, 1.165) is 24.5 Å². The third kappa shape index (κ3) is 1.75. The zero-order chi connectivity index (χ0) is 10.8. The second-order valence-corrected chi connectivity index (χ2v) is 3.48. The quantitative estimate of drug-likeness (QED) is 0.684. The molecule has 0 atom stereocenters. The molecule has 1 aromatic rings. The van der Waals surface area contributed by atoms with E-state index >= 15 is 0 Å². The fourth-order valence-electron chi connectivity index (χ4n) is 1.61. The summed E-state index contributed by atoms with van der Waals surface area (Å²) in [5.74, 6) is 0.289. The van der Waals surface area contributed by atoms with Crippen LogP contribution in [0.15, 0.2) is 23.2 Å². The Morgan fingerprint density at radius 2 is 2.33 bits per heavy atom. The summed E-state index contributed by atoms with van der Waals surface area (Å²) >= 11 is 0. The predicted molar refractivity (Wildman–Crippen MR) is 55.8 cm³/mol. The van der Waals surface area contributed by atoms with Crippen molar-refractivity contribution in [3.63, 3.8) is 0 Å². The monoisotopic (exact) mass is 206 g/mol. The first-order chi connectivity index (χ1) is 7.22. The lowest BCUT2D eigenvalue weighted by Gasteiger charge is -2.13. The van der Waals surface area contributed by atoms with Crippen LogP contribution in [0.2, 0.25) is 0 Å². The maximum Gasteiger partial charge on any atom is 0.152 e. The van der Waals surface area contributed by atoms with Crippen molar-refractivity contribution in [3.8, 4) is 0 Å². The van der Waals surface area contributed by atoms with E-state index in [1.165, 1.54) is 12.1 Å². The zero-order valence-corrected chi connectivity index (χ0v) is 8.40. The van der Waals surface area contributed by atoms with E-state index < -0.39 is 5.82 Å². The number of amidine groups is 1. The van der Waals surface area contributed by atoms with Gasteiger partial charge in [0.1, 0.15) is 11.7 Å². The van der Waals surface area contributed by atoms with E-state index in [2.05, 4.69) is 4.99 Å².